The van der Waals surface area contributed by atoms with Gasteiger partial charge in [-0.3, -0.25) is 4.52 Å². The number of phosphoric ester groups is 1. The van der Waals surface area contributed by atoms with Crippen LogP contribution in [0.4, 0.5) is 5.69 Å². The minimum Gasteiger partial charge on any atom is -0.398 e. The van der Waals surface area contributed by atoms with Crippen molar-refractivity contribution in [1.82, 2.24) is 15.0 Å². The fraction of sp³-hybridized carbons (Fsp3) is 0.385. The first-order chi connectivity index (χ1) is 11.8. The minimum absolute atomic E-state index is 0.443. The summed E-state index contributed by atoms with van der Waals surface area (Å²) in [6.07, 6.45) is -3.54. The summed E-state index contributed by atoms with van der Waals surface area (Å²) in [5.74, 6) is 0. The molecule has 0 saturated carbocycles. The summed E-state index contributed by atoms with van der Waals surface area (Å²) in [4.78, 5) is 17.4. The number of nitrogen functional groups attached to an aromatic ring is 1. The Bertz CT molecular complexity index is 794. The van der Waals surface area contributed by atoms with E-state index in [2.05, 4.69) is 14.8 Å². The van der Waals surface area contributed by atoms with Gasteiger partial charge in [0.15, 0.2) is 6.23 Å². The van der Waals surface area contributed by atoms with Gasteiger partial charge in [0.1, 0.15) is 24.0 Å². The Morgan fingerprint density at radius 3 is 2.68 bits per heavy atom. The van der Waals surface area contributed by atoms with Crippen molar-refractivity contribution in [3.05, 3.63) is 30.5 Å². The summed E-state index contributed by atoms with van der Waals surface area (Å²) in [5, 5.41) is 27.9. The van der Waals surface area contributed by atoms with Crippen LogP contribution in [0.3, 0.4) is 0 Å². The van der Waals surface area contributed by atoms with Crippen molar-refractivity contribution in [2.75, 3.05) is 12.3 Å². The average molecular weight is 372 g/mol. The fourth-order valence-corrected chi connectivity index (χ4v) is 2.85. The number of hydrogen-bond acceptors (Lipinski definition) is 8. The first-order valence-corrected chi connectivity index (χ1v) is 8.77. The molecule has 11 nitrogen and oxygen atoms in total. The van der Waals surface area contributed by atoms with Crippen LogP contribution in [0.2, 0.25) is 0 Å². The maximum atomic E-state index is 10.8. The van der Waals surface area contributed by atoms with Crippen molar-refractivity contribution < 1.29 is 33.8 Å². The highest BCUT2D eigenvalue weighted by atomic mass is 31.2. The lowest BCUT2D eigenvalue weighted by atomic mass is 10.1. The third-order valence-electron chi connectivity index (χ3n) is 3.75. The second kappa shape index (κ2) is 6.81. The molecule has 3 rings (SSSR count). The van der Waals surface area contributed by atoms with E-state index in [1.165, 1.54) is 10.9 Å². The van der Waals surface area contributed by atoms with Crippen LogP contribution in [0.5, 0.6) is 0 Å². The van der Waals surface area contributed by atoms with Crippen LogP contribution in [0.1, 0.15) is 6.23 Å². The van der Waals surface area contributed by atoms with E-state index < -0.39 is 39.0 Å². The molecule has 0 aliphatic carbocycles. The number of phosphoric acid groups is 1. The molecule has 1 aromatic heterocycles. The largest absolute Gasteiger partial charge is 0.469 e. The topological polar surface area (TPSA) is 173 Å². The molecule has 1 aliphatic rings. The highest BCUT2D eigenvalue weighted by Crippen LogP contribution is 2.38. The van der Waals surface area contributed by atoms with E-state index >= 15 is 0 Å². The Morgan fingerprint density at radius 2 is 2.00 bits per heavy atom. The van der Waals surface area contributed by atoms with Crippen LogP contribution in [0.15, 0.2) is 30.5 Å². The monoisotopic (exact) mass is 372 g/mol. The molecule has 1 fully saturated rings. The van der Waals surface area contributed by atoms with E-state index in [4.69, 9.17) is 20.3 Å². The van der Waals surface area contributed by atoms with E-state index in [9.17, 15) is 14.8 Å². The van der Waals surface area contributed by atoms with Crippen molar-refractivity contribution in [2.24, 2.45) is 0 Å². The van der Waals surface area contributed by atoms with Gasteiger partial charge < -0.3 is 30.5 Å². The molecule has 1 aromatic carbocycles. The number of ether oxygens (including phenoxy) is 1. The van der Waals surface area contributed by atoms with Crippen molar-refractivity contribution in [3.8, 4) is 11.3 Å². The first-order valence-electron chi connectivity index (χ1n) is 7.24. The lowest BCUT2D eigenvalue weighted by molar-refractivity contribution is -0.0586. The molecule has 12 heteroatoms. The smallest absolute Gasteiger partial charge is 0.398 e. The molecular weight excluding hydrogens is 355 g/mol. The molecule has 2 aromatic rings. The molecule has 2 unspecified atom stereocenters. The zero-order valence-electron chi connectivity index (χ0n) is 12.8. The van der Waals surface area contributed by atoms with Gasteiger partial charge in [0.25, 0.3) is 0 Å². The number of anilines is 1. The third kappa shape index (κ3) is 3.88. The van der Waals surface area contributed by atoms with Crippen LogP contribution in [0.25, 0.3) is 11.3 Å². The standard InChI is InChI=1S/C13H17N4O7P/c14-8-4-2-1-3-7(8)9-5-17(16-15-9)13-12(19)11(18)10(24-13)6-23-25(20,21)22/h1-5,10-13,18-19H,6,14H2,(H2,20,21,22)/t10-,11?,12?,13-/m1/s1. The Labute approximate surface area is 141 Å². The number of aromatic nitrogens is 3. The third-order valence-corrected chi connectivity index (χ3v) is 4.24. The number of hydrogen-bond donors (Lipinski definition) is 5. The molecule has 0 spiro atoms. The van der Waals surface area contributed by atoms with Crippen molar-refractivity contribution >= 4 is 13.5 Å². The number of nitrogens with two attached hydrogens (primary N) is 1. The molecule has 1 saturated heterocycles. The number of para-hydroxylation sites is 1. The molecule has 2 heterocycles. The number of benzene rings is 1. The van der Waals surface area contributed by atoms with E-state index in [0.717, 1.165) is 0 Å². The van der Waals surface area contributed by atoms with Gasteiger partial charge in [-0.1, -0.05) is 23.4 Å². The van der Waals surface area contributed by atoms with Gasteiger partial charge in [0, 0.05) is 11.3 Å². The van der Waals surface area contributed by atoms with Crippen LogP contribution < -0.4 is 5.73 Å². The average Bonchev–Trinajstić information content (AvgIpc) is 3.12. The zero-order chi connectivity index (χ0) is 18.2. The Hall–Kier alpha value is -1.85. The van der Waals surface area contributed by atoms with Crippen LogP contribution in [0, 0.1) is 0 Å². The quantitative estimate of drug-likeness (QED) is 0.332. The predicted molar refractivity (Wildman–Crippen MR) is 83.8 cm³/mol. The number of aliphatic hydroxyl groups is 2. The maximum Gasteiger partial charge on any atom is 0.469 e. The molecule has 136 valence electrons. The van der Waals surface area contributed by atoms with Gasteiger partial charge in [0.05, 0.1) is 12.8 Å². The zero-order valence-corrected chi connectivity index (χ0v) is 13.7. The second-order valence-corrected chi connectivity index (χ2v) is 6.74. The second-order valence-electron chi connectivity index (χ2n) is 5.50. The van der Waals surface area contributed by atoms with Crippen molar-refractivity contribution in [1.29, 1.82) is 0 Å². The van der Waals surface area contributed by atoms with E-state index in [0.29, 0.717) is 16.9 Å². The van der Waals surface area contributed by atoms with Crippen molar-refractivity contribution in [2.45, 2.75) is 24.5 Å². The van der Waals surface area contributed by atoms with Gasteiger partial charge in [-0.05, 0) is 6.07 Å². The normalized spacial score (nSPS) is 26.9. The van der Waals surface area contributed by atoms with Crippen molar-refractivity contribution in [3.63, 3.8) is 0 Å². The summed E-state index contributed by atoms with van der Waals surface area (Å²) >= 11 is 0. The summed E-state index contributed by atoms with van der Waals surface area (Å²) in [7, 11) is -4.72. The fourth-order valence-electron chi connectivity index (χ4n) is 2.51. The molecule has 0 radical (unpaired) electrons. The van der Waals surface area contributed by atoms with Gasteiger partial charge in [-0.25, -0.2) is 9.25 Å². The summed E-state index contributed by atoms with van der Waals surface area (Å²) in [5.41, 5.74) is 7.46. The predicted octanol–water partition coefficient (Wildman–Crippen LogP) is -0.744. The highest BCUT2D eigenvalue weighted by Gasteiger charge is 2.45. The Morgan fingerprint density at radius 1 is 1.28 bits per heavy atom. The highest BCUT2D eigenvalue weighted by molar-refractivity contribution is 7.46. The van der Waals surface area contributed by atoms with Gasteiger partial charge in [-0.15, -0.1) is 5.10 Å². The van der Waals surface area contributed by atoms with Crippen LogP contribution in [-0.2, 0) is 13.8 Å². The molecule has 4 atom stereocenters. The minimum atomic E-state index is -4.72. The van der Waals surface area contributed by atoms with Gasteiger partial charge in [-0.2, -0.15) is 0 Å². The molecule has 6 N–H and O–H groups in total. The molecule has 1 aliphatic heterocycles. The molecular formula is C13H17N4O7P. The number of nitrogens with zero attached hydrogens (tertiary/aromatic N) is 3. The summed E-state index contributed by atoms with van der Waals surface area (Å²) < 4.78 is 21.7. The number of aliphatic hydroxyl groups excluding tert-OH is 2. The SMILES string of the molecule is Nc1ccccc1-c1cn([C@@H]2O[C@H](COP(=O)(O)O)C(O)C2O)nn1. The lowest BCUT2D eigenvalue weighted by Crippen LogP contribution is -2.33. The summed E-state index contributed by atoms with van der Waals surface area (Å²) in [6.45, 7) is -0.591. The van der Waals surface area contributed by atoms with E-state index in [1.54, 1.807) is 24.3 Å². The first kappa shape index (κ1) is 18.0. The van der Waals surface area contributed by atoms with E-state index in [1.807, 2.05) is 0 Å². The maximum absolute atomic E-state index is 10.8. The lowest BCUT2D eigenvalue weighted by Gasteiger charge is -2.14. The van der Waals surface area contributed by atoms with Crippen LogP contribution >= 0.6 is 7.82 Å². The molecule has 25 heavy (non-hydrogen) atoms. The van der Waals surface area contributed by atoms with Crippen LogP contribution in [-0.4, -0.2) is 59.9 Å². The van der Waals surface area contributed by atoms with E-state index in [-0.39, 0.29) is 0 Å². The van der Waals surface area contributed by atoms with Gasteiger partial charge in [0.2, 0.25) is 0 Å². The summed E-state index contributed by atoms with van der Waals surface area (Å²) in [6, 6.07) is 7.01. The Kier molecular flexibility index (Phi) is 4.89. The number of rotatable bonds is 5. The molecule has 0 amide bonds. The van der Waals surface area contributed by atoms with Gasteiger partial charge >= 0.3 is 7.82 Å². The Balaban J connectivity index is 1.76. The molecule has 0 bridgehead atoms.